The third-order valence-corrected chi connectivity index (χ3v) is 4.86. The topological polar surface area (TPSA) is 49.4 Å². The fourth-order valence-electron chi connectivity index (χ4n) is 3.60. The summed E-state index contributed by atoms with van der Waals surface area (Å²) in [5, 5.41) is 2.97. The number of hydrogen-bond acceptors (Lipinski definition) is 3. The molecule has 0 saturated carbocycles. The van der Waals surface area contributed by atoms with Gasteiger partial charge in [-0.1, -0.05) is 18.2 Å². The molecule has 3 aromatic rings. The average molecular weight is 422 g/mol. The number of halogens is 3. The predicted molar refractivity (Wildman–Crippen MR) is 112 cm³/mol. The van der Waals surface area contributed by atoms with Crippen LogP contribution in [-0.4, -0.2) is 11.8 Å². The molecule has 0 spiro atoms. The molecule has 31 heavy (non-hydrogen) atoms. The summed E-state index contributed by atoms with van der Waals surface area (Å²) in [6, 6.07) is 13.2. The molecular weight excluding hydrogens is 405 g/mol. The molecule has 2 amide bonds. The molecule has 1 aliphatic heterocycles. The van der Waals surface area contributed by atoms with E-state index in [2.05, 4.69) is 5.32 Å². The van der Waals surface area contributed by atoms with Crippen LogP contribution in [0.3, 0.4) is 0 Å². The highest BCUT2D eigenvalue weighted by Gasteiger charge is 2.41. The van der Waals surface area contributed by atoms with Gasteiger partial charge in [0, 0.05) is 11.8 Å². The zero-order chi connectivity index (χ0) is 22.3. The van der Waals surface area contributed by atoms with Crippen LogP contribution >= 0.6 is 0 Å². The van der Waals surface area contributed by atoms with E-state index >= 15 is 0 Å². The van der Waals surface area contributed by atoms with Gasteiger partial charge in [-0.3, -0.25) is 9.59 Å². The molecule has 4 nitrogen and oxygen atoms in total. The summed E-state index contributed by atoms with van der Waals surface area (Å²) in [7, 11) is 0. The van der Waals surface area contributed by atoms with Gasteiger partial charge in [0.25, 0.3) is 11.8 Å². The van der Waals surface area contributed by atoms with Crippen LogP contribution in [0.2, 0.25) is 0 Å². The van der Waals surface area contributed by atoms with E-state index in [4.69, 9.17) is 0 Å². The van der Waals surface area contributed by atoms with Crippen molar-refractivity contribution in [3.63, 3.8) is 0 Å². The van der Waals surface area contributed by atoms with E-state index < -0.39 is 29.3 Å². The standard InChI is InChI=1S/C24H17F3N2O2/c1-13-9-14(2)11-18(10-13)28-22-21(15-3-5-16(25)6-4-15)23(30)29(24(22)31)20-8-7-17(26)12-19(20)27/h3-12,28H,1-2H3. The molecule has 0 fully saturated rings. The monoisotopic (exact) mass is 422 g/mol. The zero-order valence-electron chi connectivity index (χ0n) is 16.7. The lowest BCUT2D eigenvalue weighted by atomic mass is 10.0. The summed E-state index contributed by atoms with van der Waals surface area (Å²) >= 11 is 0. The summed E-state index contributed by atoms with van der Waals surface area (Å²) in [4.78, 5) is 27.1. The van der Waals surface area contributed by atoms with Gasteiger partial charge in [-0.05, 0) is 66.9 Å². The number of carbonyl (C=O) groups excluding carboxylic acids is 2. The van der Waals surface area contributed by atoms with Crippen molar-refractivity contribution in [2.24, 2.45) is 0 Å². The van der Waals surface area contributed by atoms with Crippen LogP contribution in [0.25, 0.3) is 5.57 Å². The second-order valence-electron chi connectivity index (χ2n) is 7.30. The first-order chi connectivity index (χ1) is 14.7. The molecule has 0 bridgehead atoms. The van der Waals surface area contributed by atoms with Crippen LogP contribution in [0.5, 0.6) is 0 Å². The van der Waals surface area contributed by atoms with Gasteiger partial charge in [-0.2, -0.15) is 0 Å². The Balaban J connectivity index is 1.85. The molecule has 0 radical (unpaired) electrons. The Kier molecular flexibility index (Phi) is 5.10. The SMILES string of the molecule is Cc1cc(C)cc(NC2=C(c3ccc(F)cc3)C(=O)N(c3ccc(F)cc3F)C2=O)c1. The first kappa shape index (κ1) is 20.4. The Hall–Kier alpha value is -3.87. The minimum atomic E-state index is -1.05. The van der Waals surface area contributed by atoms with Gasteiger partial charge < -0.3 is 5.32 Å². The van der Waals surface area contributed by atoms with Gasteiger partial charge in [0.05, 0.1) is 11.3 Å². The summed E-state index contributed by atoms with van der Waals surface area (Å²) in [5.74, 6) is -3.98. The molecule has 3 aromatic carbocycles. The third kappa shape index (κ3) is 3.82. The van der Waals surface area contributed by atoms with Crippen molar-refractivity contribution in [1.82, 2.24) is 0 Å². The number of aryl methyl sites for hydroxylation is 2. The van der Waals surface area contributed by atoms with E-state index in [0.29, 0.717) is 16.7 Å². The van der Waals surface area contributed by atoms with Crippen LogP contribution in [0.15, 0.2) is 66.4 Å². The van der Waals surface area contributed by atoms with Crippen LogP contribution in [0, 0.1) is 31.3 Å². The second-order valence-corrected chi connectivity index (χ2v) is 7.30. The van der Waals surface area contributed by atoms with Crippen LogP contribution in [0.4, 0.5) is 24.5 Å². The maximum absolute atomic E-state index is 14.4. The molecule has 1 N–H and O–H groups in total. The maximum Gasteiger partial charge on any atom is 0.282 e. The third-order valence-electron chi connectivity index (χ3n) is 4.86. The van der Waals surface area contributed by atoms with E-state index in [0.717, 1.165) is 35.4 Å². The first-order valence-corrected chi connectivity index (χ1v) is 9.44. The van der Waals surface area contributed by atoms with E-state index in [1.54, 1.807) is 12.1 Å². The molecule has 0 aliphatic carbocycles. The van der Waals surface area contributed by atoms with Gasteiger partial charge in [-0.25, -0.2) is 18.1 Å². The van der Waals surface area contributed by atoms with E-state index in [9.17, 15) is 22.8 Å². The fourth-order valence-corrected chi connectivity index (χ4v) is 3.60. The molecule has 4 rings (SSSR count). The highest BCUT2D eigenvalue weighted by Crippen LogP contribution is 2.35. The Morgan fingerprint density at radius 1 is 0.742 bits per heavy atom. The fraction of sp³-hybridized carbons (Fsp3) is 0.0833. The van der Waals surface area contributed by atoms with Crippen molar-refractivity contribution in [3.05, 3.63) is 101 Å². The summed E-state index contributed by atoms with van der Waals surface area (Å²) in [6.45, 7) is 3.77. The zero-order valence-corrected chi connectivity index (χ0v) is 16.7. The summed E-state index contributed by atoms with van der Waals surface area (Å²) < 4.78 is 41.2. The minimum Gasteiger partial charge on any atom is -0.350 e. The van der Waals surface area contributed by atoms with Gasteiger partial charge in [-0.15, -0.1) is 0 Å². The smallest absolute Gasteiger partial charge is 0.282 e. The average Bonchev–Trinajstić information content (AvgIpc) is 2.92. The van der Waals surface area contributed by atoms with E-state index in [-0.39, 0.29) is 22.5 Å². The van der Waals surface area contributed by atoms with Gasteiger partial charge in [0.1, 0.15) is 23.1 Å². The number of amides is 2. The molecule has 0 aromatic heterocycles. The Labute approximate surface area is 176 Å². The number of nitrogens with zero attached hydrogens (tertiary/aromatic N) is 1. The van der Waals surface area contributed by atoms with Gasteiger partial charge >= 0.3 is 0 Å². The lowest BCUT2D eigenvalue weighted by Gasteiger charge is -2.16. The lowest BCUT2D eigenvalue weighted by Crippen LogP contribution is -2.33. The Bertz CT molecular complexity index is 1230. The predicted octanol–water partition coefficient (Wildman–Crippen LogP) is 5.12. The number of rotatable bonds is 4. The highest BCUT2D eigenvalue weighted by molar-refractivity contribution is 6.46. The van der Waals surface area contributed by atoms with Gasteiger partial charge in [0.15, 0.2) is 0 Å². The molecule has 1 heterocycles. The molecule has 7 heteroatoms. The number of imide groups is 1. The molecule has 0 atom stereocenters. The summed E-state index contributed by atoms with van der Waals surface area (Å²) in [6.07, 6.45) is 0. The molecule has 1 aliphatic rings. The number of benzene rings is 3. The highest BCUT2D eigenvalue weighted by atomic mass is 19.1. The van der Waals surface area contributed by atoms with Crippen molar-refractivity contribution in [2.45, 2.75) is 13.8 Å². The van der Waals surface area contributed by atoms with E-state index in [1.807, 2.05) is 19.9 Å². The number of anilines is 2. The Morgan fingerprint density at radius 2 is 1.35 bits per heavy atom. The minimum absolute atomic E-state index is 0.0344. The van der Waals surface area contributed by atoms with Crippen LogP contribution < -0.4 is 10.2 Å². The molecule has 0 saturated heterocycles. The maximum atomic E-state index is 14.4. The molecule has 0 unspecified atom stereocenters. The second kappa shape index (κ2) is 7.75. The van der Waals surface area contributed by atoms with Crippen molar-refractivity contribution in [3.8, 4) is 0 Å². The summed E-state index contributed by atoms with van der Waals surface area (Å²) in [5.41, 5.74) is 2.24. The Morgan fingerprint density at radius 3 is 1.97 bits per heavy atom. The first-order valence-electron chi connectivity index (χ1n) is 9.44. The van der Waals surface area contributed by atoms with Crippen LogP contribution in [-0.2, 0) is 9.59 Å². The van der Waals surface area contributed by atoms with Crippen molar-refractivity contribution >= 4 is 28.8 Å². The lowest BCUT2D eigenvalue weighted by molar-refractivity contribution is -0.120. The number of nitrogens with one attached hydrogen (secondary N) is 1. The number of carbonyl (C=O) groups is 2. The van der Waals surface area contributed by atoms with Gasteiger partial charge in [0.2, 0.25) is 0 Å². The van der Waals surface area contributed by atoms with Crippen molar-refractivity contribution in [1.29, 1.82) is 0 Å². The van der Waals surface area contributed by atoms with Crippen molar-refractivity contribution < 1.29 is 22.8 Å². The molecule has 156 valence electrons. The van der Waals surface area contributed by atoms with Crippen molar-refractivity contribution in [2.75, 3.05) is 10.2 Å². The number of hydrogen-bond donors (Lipinski definition) is 1. The van der Waals surface area contributed by atoms with Crippen LogP contribution in [0.1, 0.15) is 16.7 Å². The quantitative estimate of drug-likeness (QED) is 0.594. The molecular formula is C24H17F3N2O2. The normalized spacial score (nSPS) is 13.9. The van der Waals surface area contributed by atoms with E-state index in [1.165, 1.54) is 12.1 Å². The largest absolute Gasteiger partial charge is 0.350 e.